The van der Waals surface area contributed by atoms with Gasteiger partial charge in [0.05, 0.1) is 31.3 Å². The van der Waals surface area contributed by atoms with Crippen molar-refractivity contribution in [2.45, 2.75) is 152 Å². The van der Waals surface area contributed by atoms with Crippen molar-refractivity contribution >= 4 is 6.21 Å². The molecule has 12 atom stereocenters. The number of hydrogen-bond donors (Lipinski definition) is 7. The van der Waals surface area contributed by atoms with Gasteiger partial charge in [-0.15, -0.1) is 0 Å². The lowest BCUT2D eigenvalue weighted by molar-refractivity contribution is -0.306. The first-order valence-corrected chi connectivity index (χ1v) is 16.8. The summed E-state index contributed by atoms with van der Waals surface area (Å²) in [5, 5.41) is 35.6. The molecule has 0 radical (unpaired) electrons. The second-order valence-electron chi connectivity index (χ2n) is 13.9. The standard InChI is InChI=1S/C34H61N5O7/c1-20(2)9-7-10-21(3)11-8-12-22(4)15-16-39-18-23-13-14-24(35)32(44-23)45-29-25(36)17-26(37)30(27(29)40)46-33-28(41)31(38-6)34(5,42)19-43-33/h9,11,15-16,23-33,38,40-42H,7-8,10,12-14,17-19,35-37H2,1-6H3/b21-11+,22-15+,39-16+. The Morgan fingerprint density at radius 3 is 2.20 bits per heavy atom. The highest BCUT2D eigenvalue weighted by Gasteiger charge is 2.50. The summed E-state index contributed by atoms with van der Waals surface area (Å²) in [6.45, 7) is 10.5. The Labute approximate surface area is 275 Å². The highest BCUT2D eigenvalue weighted by molar-refractivity contribution is 5.72. The first-order chi connectivity index (χ1) is 21.7. The smallest absolute Gasteiger partial charge is 0.185 e. The van der Waals surface area contributed by atoms with Gasteiger partial charge in [-0.1, -0.05) is 28.9 Å². The Morgan fingerprint density at radius 2 is 1.54 bits per heavy atom. The Kier molecular flexibility index (Phi) is 15.5. The van der Waals surface area contributed by atoms with Crippen LogP contribution >= 0.6 is 0 Å². The van der Waals surface area contributed by atoms with Crippen LogP contribution in [0.25, 0.3) is 0 Å². The Bertz CT molecular complexity index is 1060. The number of nitrogens with one attached hydrogen (secondary N) is 1. The van der Waals surface area contributed by atoms with Gasteiger partial charge >= 0.3 is 0 Å². The maximum absolute atomic E-state index is 11.3. The van der Waals surface area contributed by atoms with E-state index in [0.717, 1.165) is 32.1 Å². The third-order valence-corrected chi connectivity index (χ3v) is 9.18. The van der Waals surface area contributed by atoms with E-state index in [1.165, 1.54) is 16.7 Å². The number of aliphatic imine (C=N–C) groups is 1. The molecule has 3 fully saturated rings. The van der Waals surface area contributed by atoms with Crippen molar-refractivity contribution in [2.24, 2.45) is 22.2 Å². The van der Waals surface area contributed by atoms with Crippen LogP contribution in [0.15, 0.2) is 39.9 Å². The second-order valence-corrected chi connectivity index (χ2v) is 13.9. The maximum Gasteiger partial charge on any atom is 0.185 e. The minimum Gasteiger partial charge on any atom is -0.388 e. The van der Waals surface area contributed by atoms with Crippen molar-refractivity contribution in [3.63, 3.8) is 0 Å². The summed E-state index contributed by atoms with van der Waals surface area (Å²) in [5.74, 6) is 0. The lowest BCUT2D eigenvalue weighted by Gasteiger charge is -2.48. The average molecular weight is 652 g/mol. The highest BCUT2D eigenvalue weighted by Crippen LogP contribution is 2.31. The van der Waals surface area contributed by atoms with Crippen molar-refractivity contribution in [2.75, 3.05) is 20.2 Å². The predicted octanol–water partition coefficient (Wildman–Crippen LogP) is 1.55. The topological polar surface area (TPSA) is 200 Å². The molecule has 2 aliphatic heterocycles. The molecule has 1 saturated carbocycles. The molecule has 12 nitrogen and oxygen atoms in total. The fourth-order valence-electron chi connectivity index (χ4n) is 6.33. The van der Waals surface area contributed by atoms with Crippen LogP contribution in [-0.2, 0) is 18.9 Å². The zero-order valence-corrected chi connectivity index (χ0v) is 28.7. The number of aliphatic hydroxyl groups excluding tert-OH is 2. The fourth-order valence-corrected chi connectivity index (χ4v) is 6.33. The molecule has 0 bridgehead atoms. The van der Waals surface area contributed by atoms with Gasteiger partial charge in [0, 0.05) is 18.3 Å². The summed E-state index contributed by atoms with van der Waals surface area (Å²) in [6.07, 6.45) is 8.01. The summed E-state index contributed by atoms with van der Waals surface area (Å²) in [4.78, 5) is 4.57. The molecule has 2 heterocycles. The van der Waals surface area contributed by atoms with Crippen molar-refractivity contribution in [3.8, 4) is 0 Å². The van der Waals surface area contributed by atoms with Crippen LogP contribution in [0.3, 0.4) is 0 Å². The Hall–Kier alpha value is -1.55. The van der Waals surface area contributed by atoms with Gasteiger partial charge in [-0.3, -0.25) is 4.99 Å². The maximum atomic E-state index is 11.3. The van der Waals surface area contributed by atoms with E-state index in [9.17, 15) is 15.3 Å². The number of nitrogens with two attached hydrogens (primary N) is 3. The third kappa shape index (κ3) is 11.3. The second kappa shape index (κ2) is 18.3. The molecule has 0 amide bonds. The van der Waals surface area contributed by atoms with E-state index in [1.54, 1.807) is 14.0 Å². The largest absolute Gasteiger partial charge is 0.388 e. The summed E-state index contributed by atoms with van der Waals surface area (Å²) in [5.41, 5.74) is 21.8. The van der Waals surface area contributed by atoms with Crippen molar-refractivity contribution in [3.05, 3.63) is 34.9 Å². The van der Waals surface area contributed by atoms with Gasteiger partial charge in [0.2, 0.25) is 0 Å². The van der Waals surface area contributed by atoms with Crippen LogP contribution in [0.4, 0.5) is 0 Å². The molecule has 12 unspecified atom stereocenters. The molecule has 2 saturated heterocycles. The predicted molar refractivity (Wildman–Crippen MR) is 180 cm³/mol. The van der Waals surface area contributed by atoms with Crippen LogP contribution in [-0.4, -0.2) is 115 Å². The highest BCUT2D eigenvalue weighted by atomic mass is 16.7. The summed E-state index contributed by atoms with van der Waals surface area (Å²) in [7, 11) is 1.63. The van der Waals surface area contributed by atoms with Crippen LogP contribution < -0.4 is 22.5 Å². The number of ether oxygens (including phenoxy) is 4. The summed E-state index contributed by atoms with van der Waals surface area (Å²) >= 11 is 0. The van der Waals surface area contributed by atoms with Gasteiger partial charge < -0.3 is 56.8 Å². The Morgan fingerprint density at radius 1 is 0.913 bits per heavy atom. The fraction of sp³-hybridized carbons (Fsp3) is 0.794. The SMILES string of the molecule is CNC1C(O)C(OC2C(N)CC(N)C(OC3OC(C/N=C/C=C(\C)CC/C=C(\C)CCC=C(C)C)CCC3N)C2O)OCC1(C)O. The van der Waals surface area contributed by atoms with E-state index in [-0.39, 0.29) is 12.7 Å². The first kappa shape index (κ1) is 38.9. The third-order valence-electron chi connectivity index (χ3n) is 9.18. The lowest BCUT2D eigenvalue weighted by Crippen LogP contribution is -2.68. The average Bonchev–Trinajstić information content (AvgIpc) is 2.97. The van der Waals surface area contributed by atoms with Crippen molar-refractivity contribution in [1.29, 1.82) is 0 Å². The van der Waals surface area contributed by atoms with Gasteiger partial charge in [-0.05, 0) is 92.7 Å². The zero-order valence-electron chi connectivity index (χ0n) is 28.7. The zero-order chi connectivity index (χ0) is 34.0. The molecule has 0 spiro atoms. The summed E-state index contributed by atoms with van der Waals surface area (Å²) < 4.78 is 24.1. The monoisotopic (exact) mass is 651 g/mol. The molecule has 0 aromatic heterocycles. The normalized spacial score (nSPS) is 39.5. The molecule has 0 aromatic carbocycles. The first-order valence-electron chi connectivity index (χ1n) is 16.8. The van der Waals surface area contributed by atoms with Crippen molar-refractivity contribution < 1.29 is 34.3 Å². The molecule has 3 aliphatic rings. The van der Waals surface area contributed by atoms with Gasteiger partial charge in [-0.2, -0.15) is 0 Å². The van der Waals surface area contributed by atoms with Gasteiger partial charge in [0.25, 0.3) is 0 Å². The molecule has 264 valence electrons. The van der Waals surface area contributed by atoms with E-state index in [1.807, 2.05) is 12.3 Å². The molecule has 12 heteroatoms. The van der Waals surface area contributed by atoms with Gasteiger partial charge in [0.15, 0.2) is 12.6 Å². The number of allylic oxidation sites excluding steroid dienone is 6. The number of nitrogens with zero attached hydrogens (tertiary/aromatic N) is 1. The quantitative estimate of drug-likeness (QED) is 0.106. The van der Waals surface area contributed by atoms with E-state index < -0.39 is 66.8 Å². The number of likely N-dealkylation sites (N-methyl/N-ethyl adjacent to an activating group) is 1. The molecular formula is C34H61N5O7. The van der Waals surface area contributed by atoms with Crippen LogP contribution in [0.5, 0.6) is 0 Å². The van der Waals surface area contributed by atoms with Gasteiger partial charge in [-0.25, -0.2) is 0 Å². The minimum absolute atomic E-state index is 0.0735. The van der Waals surface area contributed by atoms with Crippen LogP contribution in [0.1, 0.15) is 79.6 Å². The molecule has 46 heavy (non-hydrogen) atoms. The summed E-state index contributed by atoms with van der Waals surface area (Å²) in [6, 6.07) is -2.34. The van der Waals surface area contributed by atoms with E-state index in [4.69, 9.17) is 36.1 Å². The van der Waals surface area contributed by atoms with Crippen molar-refractivity contribution in [1.82, 2.24) is 5.32 Å². The molecule has 10 N–H and O–H groups in total. The van der Waals surface area contributed by atoms with Crippen LogP contribution in [0.2, 0.25) is 0 Å². The number of hydrogen-bond acceptors (Lipinski definition) is 12. The lowest BCUT2D eigenvalue weighted by atomic mass is 9.84. The van der Waals surface area contributed by atoms with Crippen LogP contribution in [0, 0.1) is 0 Å². The van der Waals surface area contributed by atoms with E-state index >= 15 is 0 Å². The Balaban J connectivity index is 1.51. The molecule has 1 aliphatic carbocycles. The molecule has 0 aromatic rings. The van der Waals surface area contributed by atoms with E-state index in [2.05, 4.69) is 50.2 Å². The minimum atomic E-state index is -1.30. The molecular weight excluding hydrogens is 590 g/mol. The number of rotatable bonds is 14. The van der Waals surface area contributed by atoms with Gasteiger partial charge in [0.1, 0.15) is 30.0 Å². The number of aliphatic hydroxyl groups is 3. The van der Waals surface area contributed by atoms with E-state index in [0.29, 0.717) is 19.4 Å². The molecule has 3 rings (SSSR count).